The summed E-state index contributed by atoms with van der Waals surface area (Å²) in [6, 6.07) is 6.89. The van der Waals surface area contributed by atoms with Gasteiger partial charge < -0.3 is 11.1 Å². The number of benzene rings is 1. The minimum Gasteiger partial charge on any atom is -0.383 e. The molecule has 2 aromatic rings. The van der Waals surface area contributed by atoms with E-state index >= 15 is 0 Å². The number of carbonyl (C=O) groups excluding carboxylic acids is 1. The molecule has 0 unspecified atom stereocenters. The lowest BCUT2D eigenvalue weighted by molar-refractivity contribution is -0.144. The minimum atomic E-state index is -4.62. The van der Waals surface area contributed by atoms with Crippen molar-refractivity contribution in [3.05, 3.63) is 58.0 Å². The third kappa shape index (κ3) is 5.11. The summed E-state index contributed by atoms with van der Waals surface area (Å²) in [5.41, 5.74) is 8.77. The molecule has 1 aromatic carbocycles. The summed E-state index contributed by atoms with van der Waals surface area (Å²) in [4.78, 5) is 19.6. The lowest BCUT2D eigenvalue weighted by Crippen LogP contribution is -2.19. The second-order valence-electron chi connectivity index (χ2n) is 7.20. The van der Waals surface area contributed by atoms with Crippen LogP contribution in [0.1, 0.15) is 56.3 Å². The van der Waals surface area contributed by atoms with Crippen LogP contribution >= 0.6 is 11.6 Å². The topological polar surface area (TPSA) is 80.9 Å². The van der Waals surface area contributed by atoms with Crippen molar-refractivity contribution in [1.82, 2.24) is 9.97 Å². The number of anilines is 2. The van der Waals surface area contributed by atoms with Gasteiger partial charge in [0.15, 0.2) is 0 Å². The van der Waals surface area contributed by atoms with E-state index in [2.05, 4.69) is 15.3 Å². The number of allylic oxidation sites excluding steroid dienone is 1. The Morgan fingerprint density at radius 2 is 1.87 bits per heavy atom. The van der Waals surface area contributed by atoms with Crippen LogP contribution in [0.4, 0.5) is 24.7 Å². The zero-order valence-electron chi connectivity index (χ0n) is 16.4. The minimum absolute atomic E-state index is 0.0338. The second kappa shape index (κ2) is 9.04. The number of carbonyl (C=O) groups is 1. The molecule has 1 fully saturated rings. The maximum atomic E-state index is 12.7. The van der Waals surface area contributed by atoms with E-state index in [4.69, 9.17) is 17.3 Å². The van der Waals surface area contributed by atoms with Crippen LogP contribution in [0, 0.1) is 0 Å². The first-order valence-electron chi connectivity index (χ1n) is 9.66. The molecule has 0 saturated heterocycles. The Labute approximate surface area is 177 Å². The van der Waals surface area contributed by atoms with Crippen LogP contribution in [-0.2, 0) is 11.0 Å². The first-order chi connectivity index (χ1) is 14.2. The van der Waals surface area contributed by atoms with Gasteiger partial charge in [0.05, 0.1) is 0 Å². The Kier molecular flexibility index (Phi) is 6.65. The molecule has 0 aliphatic heterocycles. The Balaban J connectivity index is 1.70. The molecule has 0 bridgehead atoms. The van der Waals surface area contributed by atoms with Crippen LogP contribution in [0.2, 0.25) is 5.02 Å². The van der Waals surface area contributed by atoms with Crippen molar-refractivity contribution in [2.45, 2.75) is 51.1 Å². The summed E-state index contributed by atoms with van der Waals surface area (Å²) in [6.45, 7) is 1.93. The number of nitrogens with one attached hydrogen (secondary N) is 1. The fraction of sp³-hybridized carbons (Fsp3) is 0.381. The van der Waals surface area contributed by atoms with Gasteiger partial charge in [-0.25, -0.2) is 9.97 Å². The maximum Gasteiger partial charge on any atom is 0.451 e. The molecule has 3 rings (SSSR count). The van der Waals surface area contributed by atoms with Crippen molar-refractivity contribution in [3.63, 3.8) is 0 Å². The summed E-state index contributed by atoms with van der Waals surface area (Å²) in [5.74, 6) is -1.54. The van der Waals surface area contributed by atoms with Gasteiger partial charge in [-0.15, -0.1) is 0 Å². The number of nitrogens with two attached hydrogens (primary N) is 1. The molecule has 3 N–H and O–H groups in total. The number of aromatic nitrogens is 2. The van der Waals surface area contributed by atoms with Gasteiger partial charge in [-0.1, -0.05) is 24.1 Å². The van der Waals surface area contributed by atoms with Crippen molar-refractivity contribution >= 4 is 29.0 Å². The number of amides is 1. The number of alkyl halides is 3. The van der Waals surface area contributed by atoms with Crippen molar-refractivity contribution in [1.29, 1.82) is 0 Å². The lowest BCUT2D eigenvalue weighted by atomic mass is 9.80. The van der Waals surface area contributed by atoms with Gasteiger partial charge in [0.1, 0.15) is 5.82 Å². The largest absolute Gasteiger partial charge is 0.451 e. The normalized spacial score (nSPS) is 17.0. The molecule has 1 aromatic heterocycles. The summed E-state index contributed by atoms with van der Waals surface area (Å²) in [6.07, 6.45) is -0.172. The van der Waals surface area contributed by atoms with Gasteiger partial charge in [-0.3, -0.25) is 4.79 Å². The molecule has 30 heavy (non-hydrogen) atoms. The molecule has 1 heterocycles. The van der Waals surface area contributed by atoms with Gasteiger partial charge >= 0.3 is 6.18 Å². The predicted octanol–water partition coefficient (Wildman–Crippen LogP) is 5.73. The Hall–Kier alpha value is -2.61. The molecule has 0 radical (unpaired) electrons. The number of nitrogens with zero attached hydrogens (tertiary/aromatic N) is 2. The Morgan fingerprint density at radius 1 is 1.23 bits per heavy atom. The third-order valence-electron chi connectivity index (χ3n) is 5.29. The number of hydrogen-bond donors (Lipinski definition) is 2. The number of hydrogen-bond acceptors (Lipinski definition) is 4. The van der Waals surface area contributed by atoms with E-state index < -0.39 is 12.0 Å². The molecule has 160 valence electrons. The summed E-state index contributed by atoms with van der Waals surface area (Å²) >= 11 is 5.87. The highest BCUT2D eigenvalue weighted by molar-refractivity contribution is 6.30. The standard InChI is InChI=1S/C21H22ClF3N4O/c1-2-16(19(30)28-15-9-7-14(22)8-10-15)12-3-5-13(6-4-12)17-11-27-20(21(23,24)25)29-18(17)26/h7-11,13H,2-6H2,1H3,(H,28,30)(H2,26,27,29). The van der Waals surface area contributed by atoms with Crippen molar-refractivity contribution in [2.75, 3.05) is 11.1 Å². The van der Waals surface area contributed by atoms with Gasteiger partial charge in [0.2, 0.25) is 5.82 Å². The first-order valence-corrected chi connectivity index (χ1v) is 10.0. The van der Waals surface area contributed by atoms with E-state index in [-0.39, 0.29) is 17.6 Å². The van der Waals surface area contributed by atoms with E-state index in [1.165, 1.54) is 6.20 Å². The average molecular weight is 439 g/mol. The highest BCUT2D eigenvalue weighted by Crippen LogP contribution is 2.39. The van der Waals surface area contributed by atoms with E-state index in [0.717, 1.165) is 11.1 Å². The summed E-state index contributed by atoms with van der Waals surface area (Å²) in [5, 5.41) is 3.48. The van der Waals surface area contributed by atoms with Crippen molar-refractivity contribution in [3.8, 4) is 0 Å². The van der Waals surface area contributed by atoms with Crippen LogP contribution in [0.15, 0.2) is 41.6 Å². The number of rotatable bonds is 4. The van der Waals surface area contributed by atoms with E-state index in [9.17, 15) is 18.0 Å². The highest BCUT2D eigenvalue weighted by atomic mass is 35.5. The molecule has 1 aliphatic carbocycles. The van der Waals surface area contributed by atoms with Crippen molar-refractivity contribution < 1.29 is 18.0 Å². The van der Waals surface area contributed by atoms with Crippen molar-refractivity contribution in [2.24, 2.45) is 0 Å². The first kappa shape index (κ1) is 22.1. The lowest BCUT2D eigenvalue weighted by Gasteiger charge is -2.26. The fourth-order valence-electron chi connectivity index (χ4n) is 3.75. The molecule has 0 spiro atoms. The molecule has 1 amide bonds. The van der Waals surface area contributed by atoms with Gasteiger partial charge in [-0.2, -0.15) is 13.2 Å². The van der Waals surface area contributed by atoms with E-state index in [0.29, 0.717) is 48.4 Å². The SMILES string of the molecule is CCC(C(=O)Nc1ccc(Cl)cc1)=C1CCC(c2cnc(C(F)(F)F)nc2N)CC1. The molecule has 0 atom stereocenters. The summed E-state index contributed by atoms with van der Waals surface area (Å²) in [7, 11) is 0. The van der Waals surface area contributed by atoms with Crippen LogP contribution < -0.4 is 11.1 Å². The smallest absolute Gasteiger partial charge is 0.383 e. The Morgan fingerprint density at radius 3 is 2.40 bits per heavy atom. The number of halogens is 4. The summed E-state index contributed by atoms with van der Waals surface area (Å²) < 4.78 is 38.2. The van der Waals surface area contributed by atoms with Gasteiger partial charge in [0, 0.05) is 28.0 Å². The van der Waals surface area contributed by atoms with E-state index in [1.54, 1.807) is 24.3 Å². The molecule has 1 aliphatic rings. The van der Waals surface area contributed by atoms with Crippen LogP contribution in [-0.4, -0.2) is 15.9 Å². The zero-order valence-corrected chi connectivity index (χ0v) is 17.1. The number of nitrogen functional groups attached to an aromatic ring is 1. The predicted molar refractivity (Wildman–Crippen MR) is 110 cm³/mol. The van der Waals surface area contributed by atoms with Crippen LogP contribution in [0.5, 0.6) is 0 Å². The van der Waals surface area contributed by atoms with Gasteiger partial charge in [-0.05, 0) is 62.3 Å². The molecule has 5 nitrogen and oxygen atoms in total. The monoisotopic (exact) mass is 438 g/mol. The average Bonchev–Trinajstić information content (AvgIpc) is 2.70. The second-order valence-corrected chi connectivity index (χ2v) is 7.64. The molecular formula is C21H22ClF3N4O. The third-order valence-corrected chi connectivity index (χ3v) is 5.54. The quantitative estimate of drug-likeness (QED) is 0.597. The molecule has 9 heteroatoms. The van der Waals surface area contributed by atoms with Crippen LogP contribution in [0.3, 0.4) is 0 Å². The van der Waals surface area contributed by atoms with E-state index in [1.807, 2.05) is 6.92 Å². The fourth-order valence-corrected chi connectivity index (χ4v) is 3.87. The zero-order chi connectivity index (χ0) is 21.9. The molecule has 1 saturated carbocycles. The van der Waals surface area contributed by atoms with Gasteiger partial charge in [0.25, 0.3) is 5.91 Å². The van der Waals surface area contributed by atoms with Crippen LogP contribution in [0.25, 0.3) is 0 Å². The Bertz CT molecular complexity index is 948. The molecular weight excluding hydrogens is 417 g/mol. The highest BCUT2D eigenvalue weighted by Gasteiger charge is 2.35. The maximum absolute atomic E-state index is 12.7.